The number of carbonyl (C=O) groups is 3. The van der Waals surface area contributed by atoms with Crippen LogP contribution >= 0.6 is 24.0 Å². The number of benzene rings is 1. The lowest BCUT2D eigenvalue weighted by atomic mass is 10.1. The minimum atomic E-state index is -0.472. The van der Waals surface area contributed by atoms with Crippen LogP contribution in [0, 0.1) is 5.92 Å². The summed E-state index contributed by atoms with van der Waals surface area (Å²) >= 11 is 6.26. The van der Waals surface area contributed by atoms with Gasteiger partial charge in [0.1, 0.15) is 0 Å². The highest BCUT2D eigenvalue weighted by atomic mass is 32.2. The van der Waals surface area contributed by atoms with Gasteiger partial charge in [-0.25, -0.2) is 0 Å². The lowest BCUT2D eigenvalue weighted by Gasteiger charge is -2.16. The Hall–Kier alpha value is -2.19. The number of nitrogens with one attached hydrogen (secondary N) is 1. The van der Waals surface area contributed by atoms with E-state index in [-0.39, 0.29) is 33.4 Å². The van der Waals surface area contributed by atoms with Crippen LogP contribution in [-0.4, -0.2) is 34.1 Å². The SMILES string of the molecule is CC(C)CC(=O)NN1C(=O)C(=C2C(=O)N(C)c3ccccc32)SC1=S. The summed E-state index contributed by atoms with van der Waals surface area (Å²) in [5.74, 6) is -0.850. The molecule has 1 saturated heterocycles. The van der Waals surface area contributed by atoms with Crippen LogP contribution in [0.3, 0.4) is 0 Å². The molecule has 0 bridgehead atoms. The van der Waals surface area contributed by atoms with Gasteiger partial charge in [-0.3, -0.25) is 19.8 Å². The van der Waals surface area contributed by atoms with Crippen LogP contribution in [-0.2, 0) is 14.4 Å². The Morgan fingerprint density at radius 1 is 1.24 bits per heavy atom. The molecule has 1 aromatic rings. The first-order chi connectivity index (χ1) is 11.8. The lowest BCUT2D eigenvalue weighted by Crippen LogP contribution is -2.45. The molecule has 0 radical (unpaired) electrons. The number of nitrogens with zero attached hydrogens (tertiary/aromatic N) is 2. The molecule has 6 nitrogen and oxygen atoms in total. The summed E-state index contributed by atoms with van der Waals surface area (Å²) in [6, 6.07) is 7.28. The molecule has 3 amide bonds. The van der Waals surface area contributed by atoms with E-state index < -0.39 is 5.91 Å². The van der Waals surface area contributed by atoms with E-state index in [0.717, 1.165) is 22.5 Å². The molecule has 0 aromatic heterocycles. The Morgan fingerprint density at radius 2 is 1.92 bits per heavy atom. The molecule has 0 aliphatic carbocycles. The van der Waals surface area contributed by atoms with E-state index >= 15 is 0 Å². The average Bonchev–Trinajstić information content (AvgIpc) is 2.96. The maximum atomic E-state index is 12.8. The van der Waals surface area contributed by atoms with E-state index in [4.69, 9.17) is 12.2 Å². The molecule has 0 unspecified atom stereocenters. The van der Waals surface area contributed by atoms with E-state index in [1.807, 2.05) is 32.0 Å². The van der Waals surface area contributed by atoms with Crippen LogP contribution in [0.15, 0.2) is 29.2 Å². The van der Waals surface area contributed by atoms with Crippen molar-refractivity contribution in [3.05, 3.63) is 34.7 Å². The standard InChI is InChI=1S/C17H17N3O3S2/c1-9(2)8-12(21)18-20-16(23)14(25-17(20)24)13-10-6-4-5-7-11(10)19(3)15(13)22/h4-7,9H,8H2,1-3H3,(H,18,21). The van der Waals surface area contributed by atoms with Crippen molar-refractivity contribution in [1.82, 2.24) is 10.4 Å². The van der Waals surface area contributed by atoms with Gasteiger partial charge in [0.25, 0.3) is 11.8 Å². The number of rotatable bonds is 3. The van der Waals surface area contributed by atoms with E-state index in [2.05, 4.69) is 5.43 Å². The molecule has 2 heterocycles. The van der Waals surface area contributed by atoms with Gasteiger partial charge in [0, 0.05) is 19.0 Å². The number of hydrogen-bond donors (Lipinski definition) is 1. The second-order valence-electron chi connectivity index (χ2n) is 6.23. The van der Waals surface area contributed by atoms with Gasteiger partial charge in [-0.05, 0) is 24.2 Å². The van der Waals surface area contributed by atoms with Gasteiger partial charge < -0.3 is 4.90 Å². The molecular formula is C17H17N3O3S2. The fourth-order valence-corrected chi connectivity index (χ4v) is 4.00. The summed E-state index contributed by atoms with van der Waals surface area (Å²) in [7, 11) is 1.67. The van der Waals surface area contributed by atoms with Gasteiger partial charge in [-0.1, -0.05) is 43.8 Å². The molecule has 130 valence electrons. The van der Waals surface area contributed by atoms with Crippen molar-refractivity contribution in [3.8, 4) is 0 Å². The fourth-order valence-electron chi connectivity index (χ4n) is 2.75. The molecule has 2 aliphatic heterocycles. The molecule has 0 atom stereocenters. The maximum absolute atomic E-state index is 12.8. The zero-order valence-corrected chi connectivity index (χ0v) is 15.7. The summed E-state index contributed by atoms with van der Waals surface area (Å²) < 4.78 is 0.212. The molecule has 8 heteroatoms. The zero-order chi connectivity index (χ0) is 18.3. The summed E-state index contributed by atoms with van der Waals surface area (Å²) in [5, 5.41) is 1.06. The lowest BCUT2D eigenvalue weighted by molar-refractivity contribution is -0.133. The van der Waals surface area contributed by atoms with Crippen molar-refractivity contribution in [2.45, 2.75) is 20.3 Å². The molecule has 0 saturated carbocycles. The zero-order valence-electron chi connectivity index (χ0n) is 14.0. The monoisotopic (exact) mass is 375 g/mol. The maximum Gasteiger partial charge on any atom is 0.286 e. The van der Waals surface area contributed by atoms with Crippen molar-refractivity contribution in [1.29, 1.82) is 0 Å². The summed E-state index contributed by atoms with van der Waals surface area (Å²) in [5.41, 5.74) is 4.31. The third kappa shape index (κ3) is 3.07. The fraction of sp³-hybridized carbons (Fsp3) is 0.294. The smallest absolute Gasteiger partial charge is 0.286 e. The van der Waals surface area contributed by atoms with Gasteiger partial charge in [0.05, 0.1) is 16.2 Å². The van der Waals surface area contributed by atoms with E-state index in [0.29, 0.717) is 11.1 Å². The highest BCUT2D eigenvalue weighted by Crippen LogP contribution is 2.43. The van der Waals surface area contributed by atoms with Gasteiger partial charge in [-0.2, -0.15) is 5.01 Å². The number of para-hydroxylation sites is 1. The first-order valence-electron chi connectivity index (χ1n) is 7.78. The minimum Gasteiger partial charge on any atom is -0.311 e. The molecule has 25 heavy (non-hydrogen) atoms. The molecule has 2 aliphatic rings. The largest absolute Gasteiger partial charge is 0.311 e. The summed E-state index contributed by atoms with van der Waals surface area (Å²) in [6.45, 7) is 3.83. The van der Waals surface area contributed by atoms with Crippen molar-refractivity contribution < 1.29 is 14.4 Å². The normalized spacial score (nSPS) is 19.9. The number of amides is 3. The average molecular weight is 375 g/mol. The Morgan fingerprint density at radius 3 is 2.60 bits per heavy atom. The molecule has 1 fully saturated rings. The number of carbonyl (C=O) groups excluding carboxylic acids is 3. The van der Waals surface area contributed by atoms with Crippen LogP contribution in [0.25, 0.3) is 5.57 Å². The Labute approximate surface area is 155 Å². The van der Waals surface area contributed by atoms with Crippen LogP contribution in [0.5, 0.6) is 0 Å². The van der Waals surface area contributed by atoms with E-state index in [1.165, 1.54) is 4.90 Å². The number of likely N-dealkylation sites (N-methyl/N-ethyl adjacent to an activating group) is 1. The highest BCUT2D eigenvalue weighted by Gasteiger charge is 2.41. The molecule has 0 spiro atoms. The van der Waals surface area contributed by atoms with Crippen LogP contribution in [0.4, 0.5) is 5.69 Å². The van der Waals surface area contributed by atoms with Crippen molar-refractivity contribution >= 4 is 57.3 Å². The van der Waals surface area contributed by atoms with Crippen LogP contribution in [0.1, 0.15) is 25.8 Å². The first-order valence-corrected chi connectivity index (χ1v) is 9.01. The third-order valence-electron chi connectivity index (χ3n) is 3.88. The quantitative estimate of drug-likeness (QED) is 0.649. The number of fused-ring (bicyclic) bond motifs is 1. The van der Waals surface area contributed by atoms with E-state index in [1.54, 1.807) is 13.1 Å². The van der Waals surface area contributed by atoms with Gasteiger partial charge in [-0.15, -0.1) is 0 Å². The van der Waals surface area contributed by atoms with Crippen LogP contribution in [0.2, 0.25) is 0 Å². The molecule has 1 N–H and O–H groups in total. The summed E-state index contributed by atoms with van der Waals surface area (Å²) in [4.78, 5) is 39.1. The van der Waals surface area contributed by atoms with Crippen molar-refractivity contribution in [3.63, 3.8) is 0 Å². The summed E-state index contributed by atoms with van der Waals surface area (Å²) in [6.07, 6.45) is 0.285. The van der Waals surface area contributed by atoms with Gasteiger partial charge in [0.15, 0.2) is 4.32 Å². The minimum absolute atomic E-state index is 0.161. The predicted molar refractivity (Wildman–Crippen MR) is 101 cm³/mol. The Bertz CT molecular complexity index is 832. The predicted octanol–water partition coefficient (Wildman–Crippen LogP) is 2.31. The number of anilines is 1. The Balaban J connectivity index is 1.96. The molecule has 3 rings (SSSR count). The second kappa shape index (κ2) is 6.61. The van der Waals surface area contributed by atoms with E-state index in [9.17, 15) is 14.4 Å². The topological polar surface area (TPSA) is 69.7 Å². The second-order valence-corrected chi connectivity index (χ2v) is 7.87. The van der Waals surface area contributed by atoms with Crippen molar-refractivity contribution in [2.75, 3.05) is 11.9 Å². The number of hydrogen-bond acceptors (Lipinski definition) is 5. The molecule has 1 aromatic carbocycles. The number of thiocarbonyl (C=S) groups is 1. The first kappa shape index (κ1) is 17.6. The number of thioether (sulfide) groups is 1. The van der Waals surface area contributed by atoms with Gasteiger partial charge in [0.2, 0.25) is 5.91 Å². The van der Waals surface area contributed by atoms with Crippen LogP contribution < -0.4 is 10.3 Å². The molecular weight excluding hydrogens is 358 g/mol. The Kier molecular flexibility index (Phi) is 4.66. The van der Waals surface area contributed by atoms with Gasteiger partial charge >= 0.3 is 0 Å². The highest BCUT2D eigenvalue weighted by molar-refractivity contribution is 8.26. The number of hydrazine groups is 1. The third-order valence-corrected chi connectivity index (χ3v) is 5.25. The van der Waals surface area contributed by atoms with Crippen molar-refractivity contribution in [2.24, 2.45) is 5.92 Å².